The monoisotopic (exact) mass is 511 g/mol. The first-order valence-electron chi connectivity index (χ1n) is 11.9. The Morgan fingerprint density at radius 2 is 1.91 bits per heavy atom. The van der Waals surface area contributed by atoms with Gasteiger partial charge in [-0.1, -0.05) is 48.5 Å². The van der Waals surface area contributed by atoms with Gasteiger partial charge in [0.1, 0.15) is 0 Å². The minimum Gasteiger partial charge on any atom is -0.328 e. The minimum absolute atomic E-state index is 0.0339. The number of likely N-dealkylation sites (tertiary alicyclic amines) is 1. The number of carbonyl (C=O) groups excluding carboxylic acids is 2. The fourth-order valence-corrected chi connectivity index (χ4v) is 5.43. The molecule has 2 amide bonds. The number of hydrogen-bond acceptors (Lipinski definition) is 5. The molecule has 1 aromatic heterocycles. The lowest BCUT2D eigenvalue weighted by Crippen LogP contribution is -2.32. The van der Waals surface area contributed by atoms with E-state index in [4.69, 9.17) is 11.6 Å². The molecule has 2 aromatic carbocycles. The summed E-state index contributed by atoms with van der Waals surface area (Å²) < 4.78 is 2.02. The van der Waals surface area contributed by atoms with Crippen LogP contribution >= 0.6 is 23.4 Å². The molecule has 4 rings (SSSR count). The Labute approximate surface area is 215 Å². The zero-order valence-electron chi connectivity index (χ0n) is 20.3. The van der Waals surface area contributed by atoms with Crippen molar-refractivity contribution in [2.24, 2.45) is 0 Å². The predicted octanol–water partition coefficient (Wildman–Crippen LogP) is 5.53. The van der Waals surface area contributed by atoms with Gasteiger partial charge in [-0.3, -0.25) is 9.59 Å². The van der Waals surface area contributed by atoms with Crippen molar-refractivity contribution >= 4 is 40.9 Å². The van der Waals surface area contributed by atoms with Crippen LogP contribution in [0.25, 0.3) is 0 Å². The van der Waals surface area contributed by atoms with Crippen molar-refractivity contribution in [2.45, 2.75) is 57.8 Å². The molecule has 1 atom stereocenters. The molecule has 3 aromatic rings. The average molecular weight is 512 g/mol. The van der Waals surface area contributed by atoms with Gasteiger partial charge < -0.3 is 14.8 Å². The van der Waals surface area contributed by atoms with Gasteiger partial charge in [0, 0.05) is 29.4 Å². The predicted molar refractivity (Wildman–Crippen MR) is 140 cm³/mol. The average Bonchev–Trinajstić information content (AvgIpc) is 3.50. The summed E-state index contributed by atoms with van der Waals surface area (Å²) in [6.07, 6.45) is 2.59. The summed E-state index contributed by atoms with van der Waals surface area (Å²) >= 11 is 7.35. The Morgan fingerprint density at radius 1 is 1.14 bits per heavy atom. The van der Waals surface area contributed by atoms with Gasteiger partial charge in [0.25, 0.3) is 5.91 Å². The zero-order valence-corrected chi connectivity index (χ0v) is 21.8. The molecule has 1 fully saturated rings. The van der Waals surface area contributed by atoms with E-state index in [1.807, 2.05) is 41.5 Å². The van der Waals surface area contributed by atoms with Crippen molar-refractivity contribution in [2.75, 3.05) is 17.6 Å². The topological polar surface area (TPSA) is 80.1 Å². The van der Waals surface area contributed by atoms with Crippen LogP contribution < -0.4 is 5.32 Å². The quantitative estimate of drug-likeness (QED) is 0.402. The number of thioether (sulfide) groups is 1. The first-order valence-corrected chi connectivity index (χ1v) is 13.3. The Morgan fingerprint density at radius 3 is 2.63 bits per heavy atom. The maximum Gasteiger partial charge on any atom is 0.254 e. The van der Waals surface area contributed by atoms with Crippen molar-refractivity contribution in [1.82, 2.24) is 19.7 Å². The summed E-state index contributed by atoms with van der Waals surface area (Å²) in [6, 6.07) is 12.9. The number of aromatic nitrogens is 3. The van der Waals surface area contributed by atoms with E-state index in [2.05, 4.69) is 22.4 Å². The Hall–Kier alpha value is -2.84. The molecule has 1 aliphatic heterocycles. The minimum atomic E-state index is -0.145. The number of aryl methyl sites for hydroxylation is 2. The first kappa shape index (κ1) is 25.3. The number of para-hydroxylation sites is 1. The number of anilines is 1. The highest BCUT2D eigenvalue weighted by molar-refractivity contribution is 7.99. The SMILES string of the molecule is CCc1cccc(C)c1NC(=O)CSc1nnc(C2CCCN2C(=O)c2ccc(Cl)cc2)n1CC. The van der Waals surface area contributed by atoms with Crippen molar-refractivity contribution in [3.63, 3.8) is 0 Å². The van der Waals surface area contributed by atoms with Crippen molar-refractivity contribution in [3.8, 4) is 0 Å². The third kappa shape index (κ3) is 5.54. The highest BCUT2D eigenvalue weighted by Gasteiger charge is 2.34. The summed E-state index contributed by atoms with van der Waals surface area (Å²) in [6.45, 7) is 7.43. The fourth-order valence-electron chi connectivity index (χ4n) is 4.49. The van der Waals surface area contributed by atoms with Gasteiger partial charge in [-0.2, -0.15) is 0 Å². The molecule has 0 bridgehead atoms. The number of rotatable bonds is 8. The van der Waals surface area contributed by atoms with Crippen LogP contribution in [0.4, 0.5) is 5.69 Å². The third-order valence-electron chi connectivity index (χ3n) is 6.30. The molecule has 1 saturated heterocycles. The van der Waals surface area contributed by atoms with Crippen LogP contribution in [0.2, 0.25) is 5.02 Å². The second-order valence-electron chi connectivity index (χ2n) is 8.55. The number of carbonyl (C=O) groups is 2. The van der Waals surface area contributed by atoms with Gasteiger partial charge >= 0.3 is 0 Å². The fraction of sp³-hybridized carbons (Fsp3) is 0.385. The second-order valence-corrected chi connectivity index (χ2v) is 9.93. The van der Waals surface area contributed by atoms with Crippen molar-refractivity contribution in [3.05, 3.63) is 70.0 Å². The number of benzene rings is 2. The van der Waals surface area contributed by atoms with Crippen LogP contribution in [-0.4, -0.2) is 43.8 Å². The van der Waals surface area contributed by atoms with Gasteiger partial charge in [0.15, 0.2) is 11.0 Å². The number of hydrogen-bond donors (Lipinski definition) is 1. The summed E-state index contributed by atoms with van der Waals surface area (Å²) in [5.74, 6) is 0.885. The number of halogens is 1. The largest absolute Gasteiger partial charge is 0.328 e. The van der Waals surface area contributed by atoms with Crippen molar-refractivity contribution < 1.29 is 9.59 Å². The molecule has 1 aliphatic rings. The molecule has 0 aliphatic carbocycles. The van der Waals surface area contributed by atoms with E-state index in [0.717, 1.165) is 41.9 Å². The maximum absolute atomic E-state index is 13.2. The Balaban J connectivity index is 1.46. The van der Waals surface area contributed by atoms with E-state index in [1.165, 1.54) is 11.8 Å². The summed E-state index contributed by atoms with van der Waals surface area (Å²) in [7, 11) is 0. The second kappa shape index (κ2) is 11.3. The lowest BCUT2D eigenvalue weighted by Gasteiger charge is -2.24. The molecule has 1 N–H and O–H groups in total. The molecule has 7 nitrogen and oxygen atoms in total. The van der Waals surface area contributed by atoms with E-state index in [0.29, 0.717) is 28.8 Å². The first-order chi connectivity index (χ1) is 16.9. The van der Waals surface area contributed by atoms with Gasteiger partial charge in [0.2, 0.25) is 5.91 Å². The Bertz CT molecular complexity index is 1210. The molecular formula is C26H30ClN5O2S. The highest BCUT2D eigenvalue weighted by Crippen LogP contribution is 2.34. The zero-order chi connectivity index (χ0) is 24.9. The normalized spacial score (nSPS) is 15.4. The van der Waals surface area contributed by atoms with Gasteiger partial charge in [0.05, 0.1) is 11.8 Å². The van der Waals surface area contributed by atoms with Crippen LogP contribution in [-0.2, 0) is 17.8 Å². The lowest BCUT2D eigenvalue weighted by atomic mass is 10.1. The summed E-state index contributed by atoms with van der Waals surface area (Å²) in [4.78, 5) is 27.8. The summed E-state index contributed by atoms with van der Waals surface area (Å²) in [5, 5.41) is 13.2. The molecule has 0 spiro atoms. The molecule has 0 saturated carbocycles. The summed E-state index contributed by atoms with van der Waals surface area (Å²) in [5.41, 5.74) is 3.67. The van der Waals surface area contributed by atoms with Crippen LogP contribution in [0.15, 0.2) is 47.6 Å². The molecule has 1 unspecified atom stereocenters. The molecule has 35 heavy (non-hydrogen) atoms. The van der Waals surface area contributed by atoms with Crippen LogP contribution in [0.1, 0.15) is 60.0 Å². The molecule has 9 heteroatoms. The van der Waals surface area contributed by atoms with Crippen molar-refractivity contribution in [1.29, 1.82) is 0 Å². The van der Waals surface area contributed by atoms with Gasteiger partial charge in [-0.15, -0.1) is 10.2 Å². The molecule has 184 valence electrons. The third-order valence-corrected chi connectivity index (χ3v) is 7.52. The van der Waals surface area contributed by atoms with E-state index >= 15 is 0 Å². The lowest BCUT2D eigenvalue weighted by molar-refractivity contribution is -0.113. The van der Waals surface area contributed by atoms with Crippen LogP contribution in [0.5, 0.6) is 0 Å². The van der Waals surface area contributed by atoms with Crippen LogP contribution in [0, 0.1) is 6.92 Å². The number of nitrogens with one attached hydrogen (secondary N) is 1. The number of amides is 2. The standard InChI is InChI=1S/C26H30ClN5O2S/c1-4-18-9-6-8-17(3)23(18)28-22(33)16-35-26-30-29-24(31(26)5-2)21-10-7-15-32(21)25(34)19-11-13-20(27)14-12-19/h6,8-9,11-14,21H,4-5,7,10,15-16H2,1-3H3,(H,28,33). The van der Waals surface area contributed by atoms with Crippen LogP contribution in [0.3, 0.4) is 0 Å². The maximum atomic E-state index is 13.2. The highest BCUT2D eigenvalue weighted by atomic mass is 35.5. The van der Waals surface area contributed by atoms with E-state index in [9.17, 15) is 9.59 Å². The molecular weight excluding hydrogens is 482 g/mol. The molecule has 2 heterocycles. The number of nitrogens with zero attached hydrogens (tertiary/aromatic N) is 4. The molecule has 0 radical (unpaired) electrons. The van der Waals surface area contributed by atoms with E-state index in [-0.39, 0.29) is 23.6 Å². The van der Waals surface area contributed by atoms with Gasteiger partial charge in [-0.05, 0) is 68.5 Å². The van der Waals surface area contributed by atoms with E-state index in [1.54, 1.807) is 24.3 Å². The Kier molecular flexibility index (Phi) is 8.13. The van der Waals surface area contributed by atoms with Gasteiger partial charge in [-0.25, -0.2) is 0 Å². The smallest absolute Gasteiger partial charge is 0.254 e. The van der Waals surface area contributed by atoms with E-state index < -0.39 is 0 Å².